The lowest BCUT2D eigenvalue weighted by atomic mass is 10.4. The Labute approximate surface area is 90.9 Å². The topological polar surface area (TPSA) is 45.8 Å². The van der Waals surface area contributed by atoms with E-state index in [-0.39, 0.29) is 10.8 Å². The molecule has 0 aliphatic rings. The maximum atomic E-state index is 11.4. The Kier molecular flexibility index (Phi) is 2.17. The number of fused-ring (bicyclic) bond motifs is 1. The van der Waals surface area contributed by atoms with Crippen molar-refractivity contribution in [2.24, 2.45) is 0 Å². The number of nitrogens with one attached hydrogen (secondary N) is 1. The molecule has 2 rings (SSSR count). The minimum Gasteiger partial charge on any atom is -0.296 e. The maximum absolute atomic E-state index is 11.4. The summed E-state index contributed by atoms with van der Waals surface area (Å²) in [6.07, 6.45) is 0. The highest BCUT2D eigenvalue weighted by Crippen LogP contribution is 2.31. The van der Waals surface area contributed by atoms with Gasteiger partial charge in [-0.05, 0) is 34.5 Å². The normalized spacial score (nSPS) is 11.0. The Morgan fingerprint density at radius 3 is 3.00 bits per heavy atom. The first-order chi connectivity index (χ1) is 6.09. The fourth-order valence-corrected chi connectivity index (χ4v) is 2.75. The third-order valence-corrected chi connectivity index (χ3v) is 4.13. The predicted molar refractivity (Wildman–Crippen MR) is 57.7 cm³/mol. The van der Waals surface area contributed by atoms with Crippen LogP contribution in [0.1, 0.15) is 4.88 Å². The fraction of sp³-hybridized carbons (Fsp3) is 0.143. The number of thiophene rings is 1. The van der Waals surface area contributed by atoms with Crippen molar-refractivity contribution in [3.05, 3.63) is 25.0 Å². The van der Waals surface area contributed by atoms with Crippen LogP contribution < -0.4 is 5.56 Å². The number of aromatic nitrogens is 2. The van der Waals surface area contributed by atoms with Crippen LogP contribution >= 0.6 is 38.9 Å². The van der Waals surface area contributed by atoms with Gasteiger partial charge in [0.25, 0.3) is 5.56 Å². The quantitative estimate of drug-likeness (QED) is 0.754. The number of aryl methyl sites for hydroxylation is 1. The number of H-pyrrole nitrogens is 1. The van der Waals surface area contributed by atoms with E-state index in [0.29, 0.717) is 10.2 Å². The van der Waals surface area contributed by atoms with Gasteiger partial charge < -0.3 is 0 Å². The van der Waals surface area contributed by atoms with Gasteiger partial charge in [0.05, 0.1) is 4.47 Å². The zero-order valence-electron chi connectivity index (χ0n) is 6.52. The molecule has 0 aliphatic heterocycles. The van der Waals surface area contributed by atoms with Crippen LogP contribution in [0.5, 0.6) is 0 Å². The SMILES string of the molecule is Cc1sc2c(=O)[nH]c(Cl)nc2c1Br. The van der Waals surface area contributed by atoms with Gasteiger partial charge in [0.2, 0.25) is 5.28 Å². The van der Waals surface area contributed by atoms with Crippen molar-refractivity contribution in [2.45, 2.75) is 6.92 Å². The van der Waals surface area contributed by atoms with Gasteiger partial charge in [0, 0.05) is 4.88 Å². The van der Waals surface area contributed by atoms with Gasteiger partial charge in [0.1, 0.15) is 10.2 Å². The molecular weight excluding hydrogens is 276 g/mol. The molecule has 2 heterocycles. The third-order valence-electron chi connectivity index (χ3n) is 1.62. The highest BCUT2D eigenvalue weighted by molar-refractivity contribution is 9.10. The molecule has 0 radical (unpaired) electrons. The van der Waals surface area contributed by atoms with Crippen LogP contribution in [0, 0.1) is 6.92 Å². The lowest BCUT2D eigenvalue weighted by Gasteiger charge is -1.90. The van der Waals surface area contributed by atoms with E-state index >= 15 is 0 Å². The third kappa shape index (κ3) is 1.41. The Morgan fingerprint density at radius 2 is 2.31 bits per heavy atom. The van der Waals surface area contributed by atoms with Gasteiger partial charge in [-0.1, -0.05) is 0 Å². The fourth-order valence-electron chi connectivity index (χ4n) is 1.04. The van der Waals surface area contributed by atoms with Crippen molar-refractivity contribution in [1.82, 2.24) is 9.97 Å². The van der Waals surface area contributed by atoms with E-state index in [9.17, 15) is 4.79 Å². The van der Waals surface area contributed by atoms with Crippen molar-refractivity contribution in [3.63, 3.8) is 0 Å². The van der Waals surface area contributed by atoms with Crippen LogP contribution in [0.4, 0.5) is 0 Å². The zero-order valence-corrected chi connectivity index (χ0v) is 9.68. The molecule has 1 N–H and O–H groups in total. The average Bonchev–Trinajstić information content (AvgIpc) is 2.32. The van der Waals surface area contributed by atoms with Crippen LogP contribution in [0.15, 0.2) is 9.27 Å². The van der Waals surface area contributed by atoms with Crippen molar-refractivity contribution in [3.8, 4) is 0 Å². The predicted octanol–water partition coefficient (Wildman–Crippen LogP) is 2.71. The number of aromatic amines is 1. The summed E-state index contributed by atoms with van der Waals surface area (Å²) < 4.78 is 1.45. The van der Waals surface area contributed by atoms with Crippen molar-refractivity contribution in [1.29, 1.82) is 0 Å². The van der Waals surface area contributed by atoms with Crippen LogP contribution in [-0.4, -0.2) is 9.97 Å². The lowest BCUT2D eigenvalue weighted by Crippen LogP contribution is -2.05. The van der Waals surface area contributed by atoms with E-state index < -0.39 is 0 Å². The molecule has 2 aromatic rings. The van der Waals surface area contributed by atoms with E-state index in [1.54, 1.807) is 0 Å². The van der Waals surface area contributed by atoms with Gasteiger partial charge in [-0.25, -0.2) is 4.98 Å². The minimum atomic E-state index is -0.186. The lowest BCUT2D eigenvalue weighted by molar-refractivity contribution is 1.18. The molecule has 68 valence electrons. The van der Waals surface area contributed by atoms with Gasteiger partial charge in [-0.15, -0.1) is 11.3 Å². The van der Waals surface area contributed by atoms with Crippen molar-refractivity contribution in [2.75, 3.05) is 0 Å². The Hall–Kier alpha value is -0.390. The Balaban J connectivity index is 3.03. The van der Waals surface area contributed by atoms with E-state index in [1.165, 1.54) is 11.3 Å². The molecule has 0 saturated carbocycles. The zero-order chi connectivity index (χ0) is 9.59. The maximum Gasteiger partial charge on any atom is 0.269 e. The summed E-state index contributed by atoms with van der Waals surface area (Å²) in [5.41, 5.74) is 0.449. The molecule has 13 heavy (non-hydrogen) atoms. The summed E-state index contributed by atoms with van der Waals surface area (Å²) >= 11 is 10.4. The van der Waals surface area contributed by atoms with E-state index in [1.807, 2.05) is 6.92 Å². The first-order valence-electron chi connectivity index (χ1n) is 3.44. The van der Waals surface area contributed by atoms with E-state index in [2.05, 4.69) is 25.9 Å². The highest BCUT2D eigenvalue weighted by atomic mass is 79.9. The Bertz CT molecular complexity index is 533. The van der Waals surface area contributed by atoms with Gasteiger partial charge in [0.15, 0.2) is 0 Å². The van der Waals surface area contributed by atoms with E-state index in [0.717, 1.165) is 9.35 Å². The average molecular weight is 280 g/mol. The molecule has 2 aromatic heterocycles. The van der Waals surface area contributed by atoms with Gasteiger partial charge in [-0.2, -0.15) is 0 Å². The molecule has 0 aromatic carbocycles. The van der Waals surface area contributed by atoms with Gasteiger partial charge >= 0.3 is 0 Å². The molecule has 3 nitrogen and oxygen atoms in total. The summed E-state index contributed by atoms with van der Waals surface area (Å²) in [6, 6.07) is 0. The van der Waals surface area contributed by atoms with E-state index in [4.69, 9.17) is 11.6 Å². The summed E-state index contributed by atoms with van der Waals surface area (Å²) in [5.74, 6) is 0. The van der Waals surface area contributed by atoms with Crippen LogP contribution in [0.25, 0.3) is 10.2 Å². The molecule has 0 bridgehead atoms. The molecule has 0 atom stereocenters. The molecular formula is C7H4BrClN2OS. The molecule has 0 amide bonds. The second-order valence-electron chi connectivity index (χ2n) is 2.51. The molecule has 6 heteroatoms. The number of halogens is 2. The second-order valence-corrected chi connectivity index (χ2v) is 4.88. The van der Waals surface area contributed by atoms with Gasteiger partial charge in [-0.3, -0.25) is 9.78 Å². The standard InChI is InChI=1S/C7H4BrClN2OS/c1-2-3(8)4-5(13-2)6(12)11-7(9)10-4/h1H3,(H,10,11,12). The largest absolute Gasteiger partial charge is 0.296 e. The summed E-state index contributed by atoms with van der Waals surface area (Å²) in [7, 11) is 0. The van der Waals surface area contributed by atoms with Crippen LogP contribution in [-0.2, 0) is 0 Å². The molecule has 0 spiro atoms. The Morgan fingerprint density at radius 1 is 1.62 bits per heavy atom. The smallest absolute Gasteiger partial charge is 0.269 e. The number of hydrogen-bond acceptors (Lipinski definition) is 3. The summed E-state index contributed by atoms with van der Waals surface area (Å²) in [5, 5.41) is 0.121. The second kappa shape index (κ2) is 3.08. The highest BCUT2D eigenvalue weighted by Gasteiger charge is 2.11. The first kappa shape index (κ1) is 9.18. The van der Waals surface area contributed by atoms with Crippen LogP contribution in [0.3, 0.4) is 0 Å². The van der Waals surface area contributed by atoms with Crippen LogP contribution in [0.2, 0.25) is 5.28 Å². The number of rotatable bonds is 0. The molecule has 0 saturated heterocycles. The van der Waals surface area contributed by atoms with Crippen molar-refractivity contribution < 1.29 is 0 Å². The first-order valence-corrected chi connectivity index (χ1v) is 5.43. The summed E-state index contributed by atoms with van der Waals surface area (Å²) in [6.45, 7) is 1.92. The molecule has 0 aliphatic carbocycles. The summed E-state index contributed by atoms with van der Waals surface area (Å²) in [4.78, 5) is 18.9. The number of nitrogens with zero attached hydrogens (tertiary/aromatic N) is 1. The van der Waals surface area contributed by atoms with Crippen molar-refractivity contribution >= 4 is 49.1 Å². The number of hydrogen-bond donors (Lipinski definition) is 1. The monoisotopic (exact) mass is 278 g/mol. The minimum absolute atomic E-state index is 0.121. The molecule has 0 unspecified atom stereocenters. The molecule has 0 fully saturated rings.